The van der Waals surface area contributed by atoms with Crippen LogP contribution in [0.1, 0.15) is 53.4 Å². The first-order chi connectivity index (χ1) is 7.92. The summed E-state index contributed by atoms with van der Waals surface area (Å²) in [5.74, 6) is 3.82. The molecule has 4 aliphatic rings. The second kappa shape index (κ2) is 3.50. The molecule has 4 fully saturated rings. The Labute approximate surface area is 107 Å². The third-order valence-corrected chi connectivity index (χ3v) is 6.72. The Morgan fingerprint density at radius 1 is 1.18 bits per heavy atom. The van der Waals surface area contributed by atoms with E-state index in [1.54, 1.807) is 0 Å². The molecule has 0 spiro atoms. The van der Waals surface area contributed by atoms with Crippen molar-refractivity contribution in [3.63, 3.8) is 0 Å². The third kappa shape index (κ3) is 1.35. The zero-order valence-corrected chi connectivity index (χ0v) is 12.2. The predicted octanol–water partition coefficient (Wildman–Crippen LogP) is 4.48. The van der Waals surface area contributed by atoms with Gasteiger partial charge in [0.1, 0.15) is 0 Å². The molecule has 1 heteroatoms. The summed E-state index contributed by atoms with van der Waals surface area (Å²) < 4.78 is 0. The highest BCUT2D eigenvalue weighted by Gasteiger charge is 2.62. The smallest absolute Gasteiger partial charge is 0.0342 e. The maximum atomic E-state index is 4.85. The summed E-state index contributed by atoms with van der Waals surface area (Å²) in [5, 5.41) is 4.85. The molecule has 6 atom stereocenters. The van der Waals surface area contributed by atoms with Crippen LogP contribution < -0.4 is 0 Å². The van der Waals surface area contributed by atoms with Crippen LogP contribution in [0.15, 0.2) is 0 Å². The second-order valence-corrected chi connectivity index (χ2v) is 7.95. The molecule has 17 heavy (non-hydrogen) atoms. The second-order valence-electron chi connectivity index (χ2n) is 7.95. The summed E-state index contributed by atoms with van der Waals surface area (Å²) in [6.07, 6.45) is 5.80. The van der Waals surface area contributed by atoms with E-state index in [2.05, 4.69) is 34.7 Å². The summed E-state index contributed by atoms with van der Waals surface area (Å²) in [6.45, 7) is 9.95. The van der Waals surface area contributed by atoms with E-state index < -0.39 is 0 Å². The molecular formula is C16H28N-. The van der Waals surface area contributed by atoms with Crippen molar-refractivity contribution in [1.82, 2.24) is 0 Å². The summed E-state index contributed by atoms with van der Waals surface area (Å²) in [7, 11) is 2.07. The molecule has 0 amide bonds. The lowest BCUT2D eigenvalue weighted by molar-refractivity contribution is -0.0548. The van der Waals surface area contributed by atoms with Gasteiger partial charge in [0.2, 0.25) is 0 Å². The maximum absolute atomic E-state index is 4.85. The van der Waals surface area contributed by atoms with Crippen molar-refractivity contribution >= 4 is 0 Å². The van der Waals surface area contributed by atoms with Gasteiger partial charge in [-0.2, -0.15) is 7.05 Å². The highest BCUT2D eigenvalue weighted by Crippen LogP contribution is 2.71. The van der Waals surface area contributed by atoms with Crippen LogP contribution in [0.5, 0.6) is 0 Å². The van der Waals surface area contributed by atoms with Crippen LogP contribution in [0.3, 0.4) is 0 Å². The largest absolute Gasteiger partial charge is 0.661 e. The molecule has 4 aliphatic carbocycles. The lowest BCUT2D eigenvalue weighted by Crippen LogP contribution is -2.56. The van der Waals surface area contributed by atoms with Crippen LogP contribution in [0.25, 0.3) is 5.32 Å². The average Bonchev–Trinajstić information content (AvgIpc) is 2.48. The van der Waals surface area contributed by atoms with Gasteiger partial charge < -0.3 is 5.32 Å². The fraction of sp³-hybridized carbons (Fsp3) is 1.00. The molecule has 98 valence electrons. The first kappa shape index (κ1) is 12.0. The highest BCUT2D eigenvalue weighted by atomic mass is 15.0. The van der Waals surface area contributed by atoms with E-state index >= 15 is 0 Å². The van der Waals surface area contributed by atoms with Crippen molar-refractivity contribution in [1.29, 1.82) is 0 Å². The first-order valence-electron chi connectivity index (χ1n) is 7.51. The molecule has 1 nitrogen and oxygen atoms in total. The normalized spacial score (nSPS) is 56.8. The molecule has 0 aromatic heterocycles. The van der Waals surface area contributed by atoms with Gasteiger partial charge in [0.25, 0.3) is 0 Å². The van der Waals surface area contributed by atoms with Gasteiger partial charge in [-0.1, -0.05) is 27.7 Å². The van der Waals surface area contributed by atoms with Crippen LogP contribution in [0.2, 0.25) is 0 Å². The summed E-state index contributed by atoms with van der Waals surface area (Å²) >= 11 is 0. The van der Waals surface area contributed by atoms with Gasteiger partial charge in [0.15, 0.2) is 0 Å². The topological polar surface area (TPSA) is 14.1 Å². The molecule has 4 saturated carbocycles. The van der Waals surface area contributed by atoms with Crippen molar-refractivity contribution < 1.29 is 0 Å². The van der Waals surface area contributed by atoms with Crippen molar-refractivity contribution in [2.75, 3.05) is 7.05 Å². The van der Waals surface area contributed by atoms with Gasteiger partial charge in [-0.05, 0) is 60.2 Å². The molecule has 6 unspecified atom stereocenters. The lowest BCUT2D eigenvalue weighted by Gasteiger charge is -2.65. The average molecular weight is 234 g/mol. The fourth-order valence-corrected chi connectivity index (χ4v) is 6.26. The monoisotopic (exact) mass is 234 g/mol. The van der Waals surface area contributed by atoms with E-state index in [1.165, 1.54) is 25.7 Å². The van der Waals surface area contributed by atoms with Crippen molar-refractivity contribution in [3.8, 4) is 0 Å². The predicted molar refractivity (Wildman–Crippen MR) is 73.1 cm³/mol. The minimum Gasteiger partial charge on any atom is -0.661 e. The number of rotatable bonds is 2. The fourth-order valence-electron chi connectivity index (χ4n) is 6.26. The van der Waals surface area contributed by atoms with Gasteiger partial charge in [-0.3, -0.25) is 0 Å². The number of nitrogens with zero attached hydrogens (tertiary/aromatic N) is 1. The van der Waals surface area contributed by atoms with E-state index in [0.29, 0.717) is 16.9 Å². The Kier molecular flexibility index (Phi) is 2.47. The number of hydrogen-bond donors (Lipinski definition) is 0. The summed E-state index contributed by atoms with van der Waals surface area (Å²) in [5.41, 5.74) is 1.05. The van der Waals surface area contributed by atoms with Crippen LogP contribution in [0.4, 0.5) is 0 Å². The molecule has 0 aromatic carbocycles. The first-order valence-corrected chi connectivity index (χ1v) is 7.51. The Hall–Kier alpha value is -0.0400. The molecule has 4 bridgehead atoms. The van der Waals surface area contributed by atoms with Gasteiger partial charge in [0.05, 0.1) is 0 Å². The third-order valence-electron chi connectivity index (χ3n) is 6.72. The minimum atomic E-state index is 0.520. The summed E-state index contributed by atoms with van der Waals surface area (Å²) in [4.78, 5) is 0. The number of fused-ring (bicyclic) bond motifs is 1. The molecule has 0 heterocycles. The van der Waals surface area contributed by atoms with Crippen LogP contribution in [0, 0.1) is 34.5 Å². The van der Waals surface area contributed by atoms with Crippen molar-refractivity contribution in [2.24, 2.45) is 34.5 Å². The minimum absolute atomic E-state index is 0.520. The molecular weight excluding hydrogens is 206 g/mol. The van der Waals surface area contributed by atoms with E-state index in [0.717, 1.165) is 23.7 Å². The Bertz CT molecular complexity index is 323. The standard InChI is InChI=1S/C16H28N/c1-10(2)11-9-16(4)13-6-7-15(3,8-12(11)13)14(16)17-5/h10-14H,6-9H2,1-5H3/q-1. The zero-order valence-electron chi connectivity index (χ0n) is 12.2. The van der Waals surface area contributed by atoms with Gasteiger partial charge >= 0.3 is 0 Å². The van der Waals surface area contributed by atoms with Crippen molar-refractivity contribution in [3.05, 3.63) is 5.32 Å². The molecule has 0 radical (unpaired) electrons. The quantitative estimate of drug-likeness (QED) is 0.669. The summed E-state index contributed by atoms with van der Waals surface area (Å²) in [6, 6.07) is 0.633. The zero-order chi connectivity index (χ0) is 12.4. The number of hydrogen-bond acceptors (Lipinski definition) is 0. The SMILES string of the molecule is C[N-]C1C2(C)CCC3C(C2)C(C(C)C)CC31C. The Balaban J connectivity index is 2.01. The maximum Gasteiger partial charge on any atom is -0.0342 e. The van der Waals surface area contributed by atoms with Crippen LogP contribution in [-0.4, -0.2) is 13.1 Å². The van der Waals surface area contributed by atoms with E-state index in [4.69, 9.17) is 5.32 Å². The van der Waals surface area contributed by atoms with E-state index in [9.17, 15) is 0 Å². The van der Waals surface area contributed by atoms with E-state index in [-0.39, 0.29) is 0 Å². The van der Waals surface area contributed by atoms with E-state index in [1.807, 2.05) is 0 Å². The highest BCUT2D eigenvalue weighted by molar-refractivity contribution is 5.22. The molecule has 4 rings (SSSR count). The van der Waals surface area contributed by atoms with Gasteiger partial charge in [0, 0.05) is 0 Å². The molecule has 0 aromatic rings. The van der Waals surface area contributed by atoms with Gasteiger partial charge in [-0.25, -0.2) is 0 Å². The molecule has 0 saturated heterocycles. The lowest BCUT2D eigenvalue weighted by atomic mass is 9.48. The van der Waals surface area contributed by atoms with Crippen LogP contribution >= 0.6 is 0 Å². The Morgan fingerprint density at radius 3 is 2.47 bits per heavy atom. The Morgan fingerprint density at radius 2 is 1.88 bits per heavy atom. The van der Waals surface area contributed by atoms with Gasteiger partial charge in [-0.15, -0.1) is 6.04 Å². The van der Waals surface area contributed by atoms with Crippen molar-refractivity contribution in [2.45, 2.75) is 59.4 Å². The molecule has 0 aliphatic heterocycles. The van der Waals surface area contributed by atoms with Crippen LogP contribution in [-0.2, 0) is 0 Å². The molecule has 0 N–H and O–H groups in total.